The lowest BCUT2D eigenvalue weighted by molar-refractivity contribution is 0.544. The molecule has 1 heterocycles. The summed E-state index contributed by atoms with van der Waals surface area (Å²) in [4.78, 5) is 4.13. The van der Waals surface area contributed by atoms with E-state index < -0.39 is 10.0 Å². The van der Waals surface area contributed by atoms with Gasteiger partial charge in [0.25, 0.3) is 0 Å². The molecule has 0 aromatic carbocycles. The van der Waals surface area contributed by atoms with Gasteiger partial charge in [-0.15, -0.1) is 0 Å². The average Bonchev–Trinajstić information content (AvgIpc) is 2.36. The number of aromatic nitrogens is 1. The van der Waals surface area contributed by atoms with E-state index in [2.05, 4.69) is 15.0 Å². The first-order chi connectivity index (χ1) is 9.01. The quantitative estimate of drug-likeness (QED) is 0.769. The monoisotopic (exact) mass is 285 g/mol. The van der Waals surface area contributed by atoms with Crippen LogP contribution < -0.4 is 10.0 Å². The molecule has 0 aliphatic carbocycles. The molecule has 1 aromatic heterocycles. The van der Waals surface area contributed by atoms with Gasteiger partial charge in [-0.3, -0.25) is 4.98 Å². The van der Waals surface area contributed by atoms with Crippen molar-refractivity contribution in [3.05, 3.63) is 18.5 Å². The summed E-state index contributed by atoms with van der Waals surface area (Å²) >= 11 is 0. The molecular weight excluding hydrogens is 262 g/mol. The van der Waals surface area contributed by atoms with E-state index in [1.165, 1.54) is 6.20 Å². The van der Waals surface area contributed by atoms with E-state index in [1.807, 2.05) is 20.8 Å². The van der Waals surface area contributed by atoms with Crippen LogP contribution in [0.3, 0.4) is 0 Å². The van der Waals surface area contributed by atoms with Crippen LogP contribution in [0.15, 0.2) is 23.4 Å². The van der Waals surface area contributed by atoms with Crippen LogP contribution >= 0.6 is 0 Å². The highest BCUT2D eigenvalue weighted by Gasteiger charge is 2.20. The highest BCUT2D eigenvalue weighted by molar-refractivity contribution is 7.89. The molecule has 0 amide bonds. The van der Waals surface area contributed by atoms with Gasteiger partial charge in [0.15, 0.2) is 0 Å². The number of rotatable bonds is 8. The first-order valence-corrected chi connectivity index (χ1v) is 8.19. The maximum absolute atomic E-state index is 12.3. The molecule has 0 fully saturated rings. The lowest BCUT2D eigenvalue weighted by Gasteiger charge is -2.16. The van der Waals surface area contributed by atoms with Gasteiger partial charge in [0.1, 0.15) is 4.90 Å². The fourth-order valence-electron chi connectivity index (χ4n) is 1.82. The summed E-state index contributed by atoms with van der Waals surface area (Å²) in [6, 6.07) is 1.61. The molecule has 19 heavy (non-hydrogen) atoms. The molecule has 6 heteroatoms. The lowest BCUT2D eigenvalue weighted by atomic mass is 10.2. The number of pyridine rings is 1. The lowest BCUT2D eigenvalue weighted by Crippen LogP contribution is -2.33. The molecule has 0 saturated carbocycles. The van der Waals surface area contributed by atoms with Gasteiger partial charge in [-0.05, 0) is 25.8 Å². The van der Waals surface area contributed by atoms with Crippen molar-refractivity contribution in [2.45, 2.75) is 51.0 Å². The van der Waals surface area contributed by atoms with Crippen molar-refractivity contribution in [3.8, 4) is 0 Å². The third-order valence-electron chi connectivity index (χ3n) is 2.72. The summed E-state index contributed by atoms with van der Waals surface area (Å²) in [5, 5.41) is 3.12. The molecule has 1 rings (SSSR count). The van der Waals surface area contributed by atoms with Crippen molar-refractivity contribution >= 4 is 15.7 Å². The van der Waals surface area contributed by atoms with Gasteiger partial charge in [-0.25, -0.2) is 13.1 Å². The topological polar surface area (TPSA) is 71.1 Å². The molecule has 1 aromatic rings. The zero-order valence-electron chi connectivity index (χ0n) is 11.8. The second-order valence-corrected chi connectivity index (χ2v) is 6.29. The first kappa shape index (κ1) is 15.9. The van der Waals surface area contributed by atoms with Crippen LogP contribution in [0.5, 0.6) is 0 Å². The summed E-state index contributed by atoms with van der Waals surface area (Å²) in [7, 11) is -3.52. The van der Waals surface area contributed by atoms with Crippen LogP contribution in [-0.4, -0.2) is 26.0 Å². The maximum atomic E-state index is 12.3. The predicted molar refractivity (Wildman–Crippen MR) is 77.7 cm³/mol. The Morgan fingerprint density at radius 3 is 2.68 bits per heavy atom. The summed E-state index contributed by atoms with van der Waals surface area (Å²) in [5.74, 6) is 0. The van der Waals surface area contributed by atoms with Crippen molar-refractivity contribution in [3.63, 3.8) is 0 Å². The van der Waals surface area contributed by atoms with Crippen LogP contribution in [0, 0.1) is 0 Å². The molecule has 0 bridgehead atoms. The van der Waals surface area contributed by atoms with Crippen molar-refractivity contribution in [2.75, 3.05) is 11.9 Å². The molecule has 1 unspecified atom stereocenters. The van der Waals surface area contributed by atoms with Gasteiger partial charge in [0.05, 0.1) is 5.69 Å². The number of sulfonamides is 1. The first-order valence-electron chi connectivity index (χ1n) is 6.71. The van der Waals surface area contributed by atoms with Crippen LogP contribution in [0.2, 0.25) is 0 Å². The number of nitrogens with zero attached hydrogens (tertiary/aromatic N) is 1. The third-order valence-corrected chi connectivity index (χ3v) is 4.33. The zero-order valence-corrected chi connectivity index (χ0v) is 12.6. The number of nitrogens with one attached hydrogen (secondary N) is 2. The average molecular weight is 285 g/mol. The summed E-state index contributed by atoms with van der Waals surface area (Å²) in [6.07, 6.45) is 5.67. The fourth-order valence-corrected chi connectivity index (χ4v) is 3.22. The summed E-state index contributed by atoms with van der Waals surface area (Å²) in [6.45, 7) is 6.67. The molecule has 0 spiro atoms. The van der Waals surface area contributed by atoms with E-state index in [9.17, 15) is 8.42 Å². The van der Waals surface area contributed by atoms with E-state index in [1.54, 1.807) is 12.3 Å². The summed E-state index contributed by atoms with van der Waals surface area (Å²) < 4.78 is 27.3. The second kappa shape index (κ2) is 7.45. The van der Waals surface area contributed by atoms with Gasteiger partial charge in [-0.2, -0.15) is 0 Å². The second-order valence-electron chi connectivity index (χ2n) is 4.61. The van der Waals surface area contributed by atoms with Crippen molar-refractivity contribution in [1.82, 2.24) is 9.71 Å². The third kappa shape index (κ3) is 4.80. The van der Waals surface area contributed by atoms with E-state index >= 15 is 0 Å². The highest BCUT2D eigenvalue weighted by Crippen LogP contribution is 2.20. The van der Waals surface area contributed by atoms with Crippen LogP contribution in [0.25, 0.3) is 0 Å². The zero-order chi connectivity index (χ0) is 14.3. The van der Waals surface area contributed by atoms with Gasteiger partial charge in [-0.1, -0.05) is 20.3 Å². The Balaban J connectivity index is 2.94. The fraction of sp³-hybridized carbons (Fsp3) is 0.615. The predicted octanol–water partition coefficient (Wildman–Crippen LogP) is 2.37. The molecular formula is C13H23N3O2S. The molecule has 0 aliphatic rings. The van der Waals surface area contributed by atoms with Gasteiger partial charge >= 0.3 is 0 Å². The molecule has 0 radical (unpaired) electrons. The largest absolute Gasteiger partial charge is 0.384 e. The minimum Gasteiger partial charge on any atom is -0.384 e. The Morgan fingerprint density at radius 2 is 2.05 bits per heavy atom. The number of hydrogen-bond acceptors (Lipinski definition) is 4. The SMILES string of the molecule is CCCNc1ccncc1S(=O)(=O)NC(C)CCC. The van der Waals surface area contributed by atoms with E-state index in [0.29, 0.717) is 5.69 Å². The van der Waals surface area contributed by atoms with Crippen molar-refractivity contribution in [1.29, 1.82) is 0 Å². The van der Waals surface area contributed by atoms with Gasteiger partial charge in [0.2, 0.25) is 10.0 Å². The summed E-state index contributed by atoms with van der Waals surface area (Å²) in [5.41, 5.74) is 0.605. The van der Waals surface area contributed by atoms with Crippen molar-refractivity contribution in [2.24, 2.45) is 0 Å². The van der Waals surface area contributed by atoms with E-state index in [0.717, 1.165) is 25.8 Å². The molecule has 0 aliphatic heterocycles. The normalized spacial score (nSPS) is 13.2. The standard InChI is InChI=1S/C13H23N3O2S/c1-4-6-11(3)16-19(17,18)13-10-14-9-7-12(13)15-8-5-2/h7,9-11,16H,4-6,8H2,1-3H3,(H,14,15). The molecule has 108 valence electrons. The molecule has 5 nitrogen and oxygen atoms in total. The Bertz CT molecular complexity index is 488. The minimum atomic E-state index is -3.52. The van der Waals surface area contributed by atoms with Gasteiger partial charge in [0, 0.05) is 25.0 Å². The van der Waals surface area contributed by atoms with E-state index in [-0.39, 0.29) is 10.9 Å². The minimum absolute atomic E-state index is 0.0748. The Hall–Kier alpha value is -1.14. The van der Waals surface area contributed by atoms with Crippen LogP contribution in [-0.2, 0) is 10.0 Å². The molecule has 0 saturated heterocycles. The van der Waals surface area contributed by atoms with Crippen molar-refractivity contribution < 1.29 is 8.42 Å². The van der Waals surface area contributed by atoms with E-state index in [4.69, 9.17) is 0 Å². The number of anilines is 1. The Kier molecular flexibility index (Phi) is 6.24. The van der Waals surface area contributed by atoms with Crippen LogP contribution in [0.4, 0.5) is 5.69 Å². The van der Waals surface area contributed by atoms with Gasteiger partial charge < -0.3 is 5.32 Å². The smallest absolute Gasteiger partial charge is 0.244 e. The Labute approximate surface area is 115 Å². The Morgan fingerprint density at radius 1 is 1.32 bits per heavy atom. The molecule has 1 atom stereocenters. The maximum Gasteiger partial charge on any atom is 0.244 e. The van der Waals surface area contributed by atoms with Crippen LogP contribution in [0.1, 0.15) is 40.0 Å². The number of hydrogen-bond donors (Lipinski definition) is 2. The highest BCUT2D eigenvalue weighted by atomic mass is 32.2. The molecule has 2 N–H and O–H groups in total.